The van der Waals surface area contributed by atoms with Crippen LogP contribution in [-0.4, -0.2) is 0 Å². The summed E-state index contributed by atoms with van der Waals surface area (Å²) in [6.45, 7) is 0. The first kappa shape index (κ1) is 20.7. The molecule has 1 atom stereocenters. The molecule has 0 aliphatic rings. The molecule has 0 heterocycles. The maximum absolute atomic E-state index is 14.9. The molecular weight excluding hydrogens is 431 g/mol. The van der Waals surface area contributed by atoms with Crippen molar-refractivity contribution in [2.45, 2.75) is 0 Å². The molecule has 0 amide bonds. The minimum Gasteiger partial charge on any atom is -0.309 e. The summed E-state index contributed by atoms with van der Waals surface area (Å²) in [7, 11) is -3.03. The van der Waals surface area contributed by atoms with Crippen molar-refractivity contribution in [3.05, 3.63) is 140 Å². The molecule has 1 nitrogen and oxygen atoms in total. The molecule has 6 aromatic rings. The number of hydrogen-bond acceptors (Lipinski definition) is 1. The van der Waals surface area contributed by atoms with Crippen LogP contribution in [0.2, 0.25) is 0 Å². The molecule has 0 bridgehead atoms. The Morgan fingerprint density at radius 3 is 1.50 bits per heavy atom. The van der Waals surface area contributed by atoms with Gasteiger partial charge in [-0.15, -0.1) is 0 Å². The molecule has 0 saturated carbocycles. The highest BCUT2D eigenvalue weighted by Crippen LogP contribution is 2.43. The predicted molar refractivity (Wildman–Crippen MR) is 146 cm³/mol. The van der Waals surface area contributed by atoms with Crippen LogP contribution in [0, 0.1) is 0 Å². The van der Waals surface area contributed by atoms with Gasteiger partial charge in [-0.25, -0.2) is 0 Å². The lowest BCUT2D eigenvalue weighted by Crippen LogP contribution is -2.25. The normalized spacial score (nSPS) is 13.1. The van der Waals surface area contributed by atoms with Gasteiger partial charge in [0, 0.05) is 15.9 Å². The van der Waals surface area contributed by atoms with E-state index in [1.807, 2.05) is 60.7 Å². The molecule has 0 N–H and O–H groups in total. The first-order valence-electron chi connectivity index (χ1n) is 11.5. The van der Waals surface area contributed by atoms with Crippen LogP contribution in [0.5, 0.6) is 0 Å². The van der Waals surface area contributed by atoms with E-state index in [9.17, 15) is 4.57 Å². The molecule has 6 aromatic carbocycles. The molecule has 0 aromatic heterocycles. The summed E-state index contributed by atoms with van der Waals surface area (Å²) in [5.74, 6) is 0. The van der Waals surface area contributed by atoms with Crippen molar-refractivity contribution in [2.24, 2.45) is 0 Å². The standard InChI is InChI=1S/C32H23OP/c33-34(30-12-2-1-3-13-30,32-21-18-25-9-5-7-11-28(25)23-32)31-19-16-26(17-20-31)29-15-14-24-8-4-6-10-27(24)22-29/h1-23H. The van der Waals surface area contributed by atoms with Crippen LogP contribution in [0.1, 0.15) is 0 Å². The summed E-state index contributed by atoms with van der Waals surface area (Å²) in [6, 6.07) is 47.4. The Bertz CT molecular complexity index is 1670. The van der Waals surface area contributed by atoms with Crippen molar-refractivity contribution >= 4 is 44.6 Å². The molecule has 2 heteroatoms. The van der Waals surface area contributed by atoms with Crippen LogP contribution < -0.4 is 15.9 Å². The van der Waals surface area contributed by atoms with Gasteiger partial charge in [0.15, 0.2) is 7.14 Å². The van der Waals surface area contributed by atoms with Gasteiger partial charge in [-0.3, -0.25) is 0 Å². The lowest BCUT2D eigenvalue weighted by atomic mass is 10.0. The Balaban J connectivity index is 1.48. The van der Waals surface area contributed by atoms with Crippen molar-refractivity contribution < 1.29 is 4.57 Å². The summed E-state index contributed by atoms with van der Waals surface area (Å²) < 4.78 is 14.9. The second-order valence-corrected chi connectivity index (χ2v) is 11.4. The predicted octanol–water partition coefficient (Wildman–Crippen LogP) is 7.30. The number of benzene rings is 6. The van der Waals surface area contributed by atoms with Gasteiger partial charge in [0.05, 0.1) is 0 Å². The van der Waals surface area contributed by atoms with Gasteiger partial charge in [-0.2, -0.15) is 0 Å². The average Bonchev–Trinajstić information content (AvgIpc) is 2.92. The van der Waals surface area contributed by atoms with Gasteiger partial charge in [-0.05, 0) is 44.8 Å². The van der Waals surface area contributed by atoms with Crippen molar-refractivity contribution in [3.8, 4) is 11.1 Å². The van der Waals surface area contributed by atoms with Crippen molar-refractivity contribution in [1.29, 1.82) is 0 Å². The minimum absolute atomic E-state index is 0.846. The largest absolute Gasteiger partial charge is 0.309 e. The summed E-state index contributed by atoms with van der Waals surface area (Å²) >= 11 is 0. The first-order chi connectivity index (χ1) is 16.7. The van der Waals surface area contributed by atoms with E-state index in [1.165, 1.54) is 10.8 Å². The number of fused-ring (bicyclic) bond motifs is 2. The molecule has 1 unspecified atom stereocenters. The minimum atomic E-state index is -3.03. The van der Waals surface area contributed by atoms with E-state index in [-0.39, 0.29) is 0 Å². The SMILES string of the molecule is O=P(c1ccccc1)(c1ccc(-c2ccc3ccccc3c2)cc1)c1ccc2ccccc2c1. The lowest BCUT2D eigenvalue weighted by Gasteiger charge is -2.21. The highest BCUT2D eigenvalue weighted by molar-refractivity contribution is 7.85. The highest BCUT2D eigenvalue weighted by Gasteiger charge is 2.29. The topological polar surface area (TPSA) is 17.1 Å². The number of rotatable bonds is 4. The van der Waals surface area contributed by atoms with Crippen molar-refractivity contribution in [2.75, 3.05) is 0 Å². The van der Waals surface area contributed by atoms with Crippen LogP contribution in [-0.2, 0) is 4.57 Å². The van der Waals surface area contributed by atoms with Crippen molar-refractivity contribution in [3.63, 3.8) is 0 Å². The summed E-state index contributed by atoms with van der Waals surface area (Å²) in [4.78, 5) is 0. The zero-order valence-corrected chi connectivity index (χ0v) is 19.5. The Labute approximate surface area is 199 Å². The molecule has 34 heavy (non-hydrogen) atoms. The third-order valence-corrected chi connectivity index (χ3v) is 9.59. The summed E-state index contributed by atoms with van der Waals surface area (Å²) in [5.41, 5.74) is 2.28. The third-order valence-electron chi connectivity index (χ3n) is 6.53. The van der Waals surface area contributed by atoms with E-state index in [2.05, 4.69) is 78.9 Å². The first-order valence-corrected chi connectivity index (χ1v) is 13.2. The van der Waals surface area contributed by atoms with Gasteiger partial charge in [0.25, 0.3) is 0 Å². The van der Waals surface area contributed by atoms with E-state index in [4.69, 9.17) is 0 Å². The molecule has 0 spiro atoms. The summed E-state index contributed by atoms with van der Waals surface area (Å²) in [5, 5.41) is 7.25. The average molecular weight is 455 g/mol. The molecule has 162 valence electrons. The second kappa shape index (κ2) is 8.45. The smallest absolute Gasteiger partial charge is 0.171 e. The molecule has 0 aliphatic carbocycles. The van der Waals surface area contributed by atoms with Crippen LogP contribution in [0.15, 0.2) is 140 Å². The highest BCUT2D eigenvalue weighted by atomic mass is 31.2. The van der Waals surface area contributed by atoms with Gasteiger partial charge in [-0.1, -0.05) is 127 Å². The molecule has 0 saturated heterocycles. The Kier molecular flexibility index (Phi) is 5.13. The third kappa shape index (κ3) is 3.55. The molecule has 6 rings (SSSR count). The fraction of sp³-hybridized carbons (Fsp3) is 0. The van der Waals surface area contributed by atoms with E-state index < -0.39 is 7.14 Å². The Hall–Kier alpha value is -3.93. The van der Waals surface area contributed by atoms with E-state index >= 15 is 0 Å². The van der Waals surface area contributed by atoms with Crippen LogP contribution in [0.25, 0.3) is 32.7 Å². The fourth-order valence-corrected chi connectivity index (χ4v) is 7.35. The Morgan fingerprint density at radius 2 is 0.824 bits per heavy atom. The lowest BCUT2D eigenvalue weighted by molar-refractivity contribution is 0.592. The fourth-order valence-electron chi connectivity index (χ4n) is 4.69. The van der Waals surface area contributed by atoms with Gasteiger partial charge in [0.1, 0.15) is 0 Å². The van der Waals surface area contributed by atoms with E-state index in [1.54, 1.807) is 0 Å². The van der Waals surface area contributed by atoms with E-state index in [0.29, 0.717) is 0 Å². The molecule has 0 aliphatic heterocycles. The quantitative estimate of drug-likeness (QED) is 0.256. The zero-order valence-electron chi connectivity index (χ0n) is 18.6. The van der Waals surface area contributed by atoms with E-state index in [0.717, 1.165) is 37.8 Å². The maximum Gasteiger partial charge on any atom is 0.171 e. The second-order valence-electron chi connectivity index (χ2n) is 8.59. The van der Waals surface area contributed by atoms with Gasteiger partial charge in [0.2, 0.25) is 0 Å². The molecular formula is C32H23OP. The number of hydrogen-bond donors (Lipinski definition) is 0. The molecule has 0 fully saturated rings. The van der Waals surface area contributed by atoms with Gasteiger partial charge < -0.3 is 4.57 Å². The monoisotopic (exact) mass is 454 g/mol. The maximum atomic E-state index is 14.9. The van der Waals surface area contributed by atoms with Gasteiger partial charge >= 0.3 is 0 Å². The van der Waals surface area contributed by atoms with Crippen LogP contribution in [0.3, 0.4) is 0 Å². The summed E-state index contributed by atoms with van der Waals surface area (Å²) in [6.07, 6.45) is 0. The van der Waals surface area contributed by atoms with Crippen molar-refractivity contribution in [1.82, 2.24) is 0 Å². The van der Waals surface area contributed by atoms with Crippen LogP contribution >= 0.6 is 7.14 Å². The molecule has 0 radical (unpaired) electrons. The zero-order chi connectivity index (χ0) is 23.0. The Morgan fingerprint density at radius 1 is 0.353 bits per heavy atom. The van der Waals surface area contributed by atoms with Crippen LogP contribution in [0.4, 0.5) is 0 Å².